The van der Waals surface area contributed by atoms with Crippen LogP contribution in [0, 0.1) is 6.92 Å². The number of amides is 2. The van der Waals surface area contributed by atoms with Gasteiger partial charge in [-0.1, -0.05) is 0 Å². The van der Waals surface area contributed by atoms with Crippen molar-refractivity contribution in [3.05, 3.63) is 17.5 Å². The number of hydrogen-bond acceptors (Lipinski definition) is 4. The smallest absolute Gasteiger partial charge is 0.326 e. The van der Waals surface area contributed by atoms with E-state index in [4.69, 9.17) is 5.11 Å². The van der Waals surface area contributed by atoms with Crippen LogP contribution in [-0.4, -0.2) is 57.1 Å². The molecule has 1 unspecified atom stereocenters. The number of aromatic nitrogens is 2. The van der Waals surface area contributed by atoms with Crippen LogP contribution in [0.25, 0.3) is 0 Å². The second-order valence-electron chi connectivity index (χ2n) is 4.40. The molecule has 110 valence electrons. The van der Waals surface area contributed by atoms with Crippen molar-refractivity contribution in [1.29, 1.82) is 0 Å². The van der Waals surface area contributed by atoms with Gasteiger partial charge in [0.15, 0.2) is 0 Å². The number of carboxylic acids is 1. The molecule has 0 aliphatic carbocycles. The number of nitrogens with zero attached hydrogens (tertiary/aromatic N) is 2. The average Bonchev–Trinajstić information content (AvgIpc) is 2.79. The average molecular weight is 282 g/mol. The highest BCUT2D eigenvalue weighted by Gasteiger charge is 2.27. The normalized spacial score (nSPS) is 11.8. The first-order valence-electron chi connectivity index (χ1n) is 6.12. The van der Waals surface area contributed by atoms with E-state index in [0.29, 0.717) is 11.3 Å². The van der Waals surface area contributed by atoms with Crippen molar-refractivity contribution in [2.24, 2.45) is 0 Å². The molecule has 0 spiro atoms. The van der Waals surface area contributed by atoms with Crippen LogP contribution < -0.4 is 5.32 Å². The second-order valence-corrected chi connectivity index (χ2v) is 4.40. The Balaban J connectivity index is 2.87. The zero-order chi connectivity index (χ0) is 15.3. The molecule has 0 aromatic carbocycles. The summed E-state index contributed by atoms with van der Waals surface area (Å²) in [6.07, 6.45) is 1.36. The van der Waals surface area contributed by atoms with E-state index in [-0.39, 0.29) is 19.0 Å². The van der Waals surface area contributed by atoms with E-state index in [1.807, 2.05) is 0 Å². The molecule has 0 bridgehead atoms. The van der Waals surface area contributed by atoms with Gasteiger partial charge in [-0.25, -0.2) is 4.79 Å². The van der Waals surface area contributed by atoms with E-state index in [9.17, 15) is 14.4 Å². The molecule has 1 heterocycles. The van der Waals surface area contributed by atoms with Crippen LogP contribution in [0.15, 0.2) is 6.20 Å². The third-order valence-corrected chi connectivity index (χ3v) is 2.87. The molecule has 8 heteroatoms. The van der Waals surface area contributed by atoms with E-state index in [0.717, 1.165) is 0 Å². The molecule has 0 aliphatic heterocycles. The van der Waals surface area contributed by atoms with Gasteiger partial charge in [-0.3, -0.25) is 14.7 Å². The summed E-state index contributed by atoms with van der Waals surface area (Å²) in [7, 11) is 0. The van der Waals surface area contributed by atoms with E-state index < -0.39 is 17.9 Å². The minimum absolute atomic E-state index is 0.108. The van der Waals surface area contributed by atoms with Crippen molar-refractivity contribution < 1.29 is 19.5 Å². The van der Waals surface area contributed by atoms with Gasteiger partial charge in [0, 0.05) is 25.7 Å². The van der Waals surface area contributed by atoms with Gasteiger partial charge >= 0.3 is 5.97 Å². The lowest BCUT2D eigenvalue weighted by Gasteiger charge is -2.26. The fourth-order valence-corrected chi connectivity index (χ4v) is 1.68. The van der Waals surface area contributed by atoms with Gasteiger partial charge in [0.25, 0.3) is 5.91 Å². The van der Waals surface area contributed by atoms with Gasteiger partial charge in [0.1, 0.15) is 6.04 Å². The Labute approximate surface area is 116 Å². The predicted molar refractivity (Wildman–Crippen MR) is 70.1 cm³/mol. The maximum atomic E-state index is 12.3. The van der Waals surface area contributed by atoms with Crippen molar-refractivity contribution in [3.8, 4) is 0 Å². The summed E-state index contributed by atoms with van der Waals surface area (Å²) < 4.78 is 0. The van der Waals surface area contributed by atoms with E-state index in [1.54, 1.807) is 6.92 Å². The molecule has 20 heavy (non-hydrogen) atoms. The van der Waals surface area contributed by atoms with Gasteiger partial charge < -0.3 is 15.3 Å². The topological polar surface area (TPSA) is 115 Å². The van der Waals surface area contributed by atoms with E-state index in [1.165, 1.54) is 24.9 Å². The third-order valence-electron chi connectivity index (χ3n) is 2.87. The van der Waals surface area contributed by atoms with Crippen molar-refractivity contribution in [1.82, 2.24) is 20.4 Å². The Bertz CT molecular complexity index is 511. The molecule has 0 aliphatic rings. The molecule has 1 rings (SSSR count). The minimum atomic E-state index is -1.11. The molecule has 0 saturated heterocycles. The van der Waals surface area contributed by atoms with Gasteiger partial charge in [-0.2, -0.15) is 5.10 Å². The maximum Gasteiger partial charge on any atom is 0.326 e. The Morgan fingerprint density at radius 2 is 2.15 bits per heavy atom. The van der Waals surface area contributed by atoms with Crippen LogP contribution in [0.4, 0.5) is 0 Å². The van der Waals surface area contributed by atoms with Crippen LogP contribution in [0.2, 0.25) is 0 Å². The summed E-state index contributed by atoms with van der Waals surface area (Å²) in [5, 5.41) is 18.0. The highest BCUT2D eigenvalue weighted by atomic mass is 16.4. The number of aryl methyl sites for hydroxylation is 1. The van der Waals surface area contributed by atoms with Crippen molar-refractivity contribution >= 4 is 17.8 Å². The Hall–Kier alpha value is -2.38. The Morgan fingerprint density at radius 1 is 1.50 bits per heavy atom. The summed E-state index contributed by atoms with van der Waals surface area (Å²) in [6.45, 7) is 4.75. The van der Waals surface area contributed by atoms with Crippen LogP contribution in [-0.2, 0) is 9.59 Å². The number of H-pyrrole nitrogens is 1. The predicted octanol–water partition coefficient (Wildman–Crippen LogP) is -0.230. The van der Waals surface area contributed by atoms with Gasteiger partial charge in [0.05, 0.1) is 11.8 Å². The molecule has 1 aromatic rings. The quantitative estimate of drug-likeness (QED) is 0.666. The molecule has 3 N–H and O–H groups in total. The highest BCUT2D eigenvalue weighted by molar-refractivity contribution is 5.97. The molecule has 0 fully saturated rings. The fraction of sp³-hybridized carbons (Fsp3) is 0.500. The lowest BCUT2D eigenvalue weighted by molar-refractivity contribution is -0.141. The first kappa shape index (κ1) is 15.7. The monoisotopic (exact) mass is 282 g/mol. The van der Waals surface area contributed by atoms with E-state index >= 15 is 0 Å². The van der Waals surface area contributed by atoms with Crippen LogP contribution in [0.1, 0.15) is 29.9 Å². The molecular formula is C12H18N4O4. The number of carboxylic acid groups (broad SMARTS) is 1. The van der Waals surface area contributed by atoms with Crippen LogP contribution in [0.3, 0.4) is 0 Å². The highest BCUT2D eigenvalue weighted by Crippen LogP contribution is 2.10. The third kappa shape index (κ3) is 3.81. The Kier molecular flexibility index (Phi) is 5.24. The summed E-state index contributed by atoms with van der Waals surface area (Å²) in [5.74, 6) is -1.78. The second kappa shape index (κ2) is 6.69. The molecule has 8 nitrogen and oxygen atoms in total. The molecule has 0 radical (unpaired) electrons. The zero-order valence-corrected chi connectivity index (χ0v) is 11.6. The summed E-state index contributed by atoms with van der Waals surface area (Å²) in [5.41, 5.74) is 0.887. The Morgan fingerprint density at radius 3 is 2.60 bits per heavy atom. The lowest BCUT2D eigenvalue weighted by atomic mass is 10.2. The van der Waals surface area contributed by atoms with Crippen molar-refractivity contribution in [2.45, 2.75) is 26.8 Å². The number of hydrogen-bond donors (Lipinski definition) is 3. The molecule has 1 atom stereocenters. The first-order chi connectivity index (χ1) is 9.34. The number of aromatic amines is 1. The SMILES string of the molecule is CC(=O)NCCN(C(=O)c1cn[nH]c1C)C(C)C(=O)O. The van der Waals surface area contributed by atoms with Gasteiger partial charge in [-0.15, -0.1) is 0 Å². The summed E-state index contributed by atoms with van der Waals surface area (Å²) >= 11 is 0. The van der Waals surface area contributed by atoms with E-state index in [2.05, 4.69) is 15.5 Å². The molecule has 1 aromatic heterocycles. The first-order valence-corrected chi connectivity index (χ1v) is 6.12. The summed E-state index contributed by atoms with van der Waals surface area (Å²) in [4.78, 5) is 35.5. The number of rotatable bonds is 6. The summed E-state index contributed by atoms with van der Waals surface area (Å²) in [6, 6.07) is -0.995. The number of aliphatic carboxylic acids is 1. The van der Waals surface area contributed by atoms with Crippen LogP contribution in [0.5, 0.6) is 0 Å². The standard InChI is InChI=1S/C12H18N4O4/c1-7-10(6-14-15-7)11(18)16(8(2)12(19)20)5-4-13-9(3)17/h6,8H,4-5H2,1-3H3,(H,13,17)(H,14,15)(H,19,20). The number of carbonyl (C=O) groups excluding carboxylic acids is 2. The molecule has 2 amide bonds. The largest absolute Gasteiger partial charge is 0.480 e. The maximum absolute atomic E-state index is 12.3. The van der Waals surface area contributed by atoms with Crippen LogP contribution >= 0.6 is 0 Å². The number of carbonyl (C=O) groups is 3. The minimum Gasteiger partial charge on any atom is -0.480 e. The molecular weight excluding hydrogens is 264 g/mol. The van der Waals surface area contributed by atoms with Gasteiger partial charge in [-0.05, 0) is 13.8 Å². The fourth-order valence-electron chi connectivity index (χ4n) is 1.68. The van der Waals surface area contributed by atoms with Crippen molar-refractivity contribution in [3.63, 3.8) is 0 Å². The van der Waals surface area contributed by atoms with Crippen molar-refractivity contribution in [2.75, 3.05) is 13.1 Å². The van der Waals surface area contributed by atoms with Gasteiger partial charge in [0.2, 0.25) is 5.91 Å². The zero-order valence-electron chi connectivity index (χ0n) is 11.6. The molecule has 0 saturated carbocycles. The lowest BCUT2D eigenvalue weighted by Crippen LogP contribution is -2.46. The number of nitrogens with one attached hydrogen (secondary N) is 2.